The summed E-state index contributed by atoms with van der Waals surface area (Å²) in [7, 11) is 0. The van der Waals surface area contributed by atoms with E-state index in [1.165, 1.54) is 34.5 Å². The van der Waals surface area contributed by atoms with E-state index in [4.69, 9.17) is 12.2 Å². The van der Waals surface area contributed by atoms with Gasteiger partial charge >= 0.3 is 0 Å². The lowest BCUT2D eigenvalue weighted by Crippen LogP contribution is -2.53. The molecule has 2 aromatic rings. The molecular weight excluding hydrogens is 386 g/mol. The molecule has 1 aromatic heterocycles. The fraction of sp³-hybridized carbons (Fsp3) is 0.0556. The van der Waals surface area contributed by atoms with Crippen LogP contribution in [-0.4, -0.2) is 33.3 Å². The standard InChI is InChI=1S/C18H13N3O4S2/c1-2-8-20-17(23)13(16(22)19-18(20)26)10-15-12(7-9-27-15)11-5-3-4-6-14(11)21(24)25/h2-7,9-10H,1,8H2,(H,19,22,26). The molecule has 0 radical (unpaired) electrons. The number of nitro groups is 1. The number of hydrogen-bond acceptors (Lipinski definition) is 6. The van der Waals surface area contributed by atoms with Gasteiger partial charge in [-0.05, 0) is 35.8 Å². The molecule has 1 aromatic carbocycles. The first-order chi connectivity index (χ1) is 12.9. The minimum atomic E-state index is -0.604. The van der Waals surface area contributed by atoms with Crippen LogP contribution >= 0.6 is 23.6 Å². The fourth-order valence-corrected chi connectivity index (χ4v) is 3.73. The summed E-state index contributed by atoms with van der Waals surface area (Å²) < 4.78 is 0. The molecule has 136 valence electrons. The average Bonchev–Trinajstić information content (AvgIpc) is 3.10. The van der Waals surface area contributed by atoms with Crippen molar-refractivity contribution >= 4 is 52.2 Å². The Kier molecular flexibility index (Phi) is 5.24. The Balaban J connectivity index is 2.07. The van der Waals surface area contributed by atoms with Gasteiger partial charge in [-0.25, -0.2) is 0 Å². The first-order valence-electron chi connectivity index (χ1n) is 7.75. The van der Waals surface area contributed by atoms with E-state index in [1.54, 1.807) is 29.6 Å². The van der Waals surface area contributed by atoms with Gasteiger partial charge in [-0.2, -0.15) is 0 Å². The third-order valence-electron chi connectivity index (χ3n) is 3.86. The van der Waals surface area contributed by atoms with Crippen LogP contribution in [0.3, 0.4) is 0 Å². The summed E-state index contributed by atoms with van der Waals surface area (Å²) in [5, 5.41) is 15.6. The summed E-state index contributed by atoms with van der Waals surface area (Å²) >= 11 is 6.30. The van der Waals surface area contributed by atoms with Crippen molar-refractivity contribution in [3.8, 4) is 11.1 Å². The van der Waals surface area contributed by atoms with Gasteiger partial charge in [0.1, 0.15) is 5.57 Å². The van der Waals surface area contributed by atoms with Crippen LogP contribution < -0.4 is 5.32 Å². The first-order valence-corrected chi connectivity index (χ1v) is 9.04. The molecule has 1 saturated heterocycles. The Morgan fingerprint density at radius 2 is 2.00 bits per heavy atom. The molecule has 0 bridgehead atoms. The summed E-state index contributed by atoms with van der Waals surface area (Å²) in [6, 6.07) is 8.03. The summed E-state index contributed by atoms with van der Waals surface area (Å²) in [4.78, 5) is 37.6. The number of carbonyl (C=O) groups excluding carboxylic acids is 2. The third-order valence-corrected chi connectivity index (χ3v) is 5.05. The van der Waals surface area contributed by atoms with E-state index in [0.29, 0.717) is 16.0 Å². The molecule has 2 heterocycles. The maximum absolute atomic E-state index is 12.6. The van der Waals surface area contributed by atoms with Gasteiger partial charge in [-0.3, -0.25) is 29.9 Å². The van der Waals surface area contributed by atoms with Gasteiger partial charge in [0.15, 0.2) is 5.11 Å². The Morgan fingerprint density at radius 1 is 1.26 bits per heavy atom. The van der Waals surface area contributed by atoms with Crippen LogP contribution in [0.1, 0.15) is 4.88 Å². The molecular formula is C18H13N3O4S2. The molecule has 1 aliphatic heterocycles. The predicted octanol–water partition coefficient (Wildman–Crippen LogP) is 3.14. The zero-order chi connectivity index (χ0) is 19.6. The molecule has 3 rings (SSSR count). The second-order valence-electron chi connectivity index (χ2n) is 5.49. The first kappa shape index (κ1) is 18.6. The number of thiocarbonyl (C=S) groups is 1. The topological polar surface area (TPSA) is 92.6 Å². The number of nitro benzene ring substituents is 1. The second-order valence-corrected chi connectivity index (χ2v) is 6.83. The summed E-state index contributed by atoms with van der Waals surface area (Å²) in [6.07, 6.45) is 2.94. The van der Waals surface area contributed by atoms with E-state index >= 15 is 0 Å². The smallest absolute Gasteiger partial charge is 0.277 e. The molecule has 2 amide bonds. The monoisotopic (exact) mass is 399 g/mol. The minimum Gasteiger partial charge on any atom is -0.298 e. The highest BCUT2D eigenvalue weighted by Gasteiger charge is 2.33. The van der Waals surface area contributed by atoms with Crippen LogP contribution in [0, 0.1) is 10.1 Å². The number of amides is 2. The molecule has 0 saturated carbocycles. The third kappa shape index (κ3) is 3.55. The van der Waals surface area contributed by atoms with Gasteiger partial charge in [-0.1, -0.05) is 18.2 Å². The van der Waals surface area contributed by atoms with E-state index in [2.05, 4.69) is 11.9 Å². The number of thiophene rings is 1. The van der Waals surface area contributed by atoms with Gasteiger partial charge in [-0.15, -0.1) is 17.9 Å². The molecule has 0 atom stereocenters. The van der Waals surface area contributed by atoms with Crippen molar-refractivity contribution in [2.24, 2.45) is 0 Å². The van der Waals surface area contributed by atoms with E-state index in [1.807, 2.05) is 0 Å². The van der Waals surface area contributed by atoms with E-state index < -0.39 is 16.7 Å². The number of para-hydroxylation sites is 1. The van der Waals surface area contributed by atoms with Crippen LogP contribution in [0.25, 0.3) is 17.2 Å². The lowest BCUT2D eigenvalue weighted by molar-refractivity contribution is -0.384. The highest BCUT2D eigenvalue weighted by molar-refractivity contribution is 7.80. The number of nitrogens with one attached hydrogen (secondary N) is 1. The van der Waals surface area contributed by atoms with Crippen molar-refractivity contribution in [2.75, 3.05) is 6.54 Å². The fourth-order valence-electron chi connectivity index (χ4n) is 2.64. The van der Waals surface area contributed by atoms with Gasteiger partial charge in [0.2, 0.25) is 0 Å². The zero-order valence-electron chi connectivity index (χ0n) is 13.9. The zero-order valence-corrected chi connectivity index (χ0v) is 15.5. The van der Waals surface area contributed by atoms with E-state index in [9.17, 15) is 19.7 Å². The second kappa shape index (κ2) is 7.60. The van der Waals surface area contributed by atoms with Gasteiger partial charge in [0, 0.05) is 23.1 Å². The SMILES string of the molecule is C=CCN1C(=O)C(=Cc2sccc2-c2ccccc2[N+](=O)[O-])C(=O)NC1=S. The number of hydrogen-bond donors (Lipinski definition) is 1. The Bertz CT molecular complexity index is 1010. The maximum atomic E-state index is 12.6. The maximum Gasteiger partial charge on any atom is 0.277 e. The molecule has 1 fully saturated rings. The highest BCUT2D eigenvalue weighted by atomic mass is 32.1. The van der Waals surface area contributed by atoms with Gasteiger partial charge in [0.25, 0.3) is 17.5 Å². The average molecular weight is 399 g/mol. The van der Waals surface area contributed by atoms with Crippen LogP contribution in [-0.2, 0) is 9.59 Å². The molecule has 0 aliphatic carbocycles. The number of rotatable bonds is 5. The van der Waals surface area contributed by atoms with Gasteiger partial charge in [0.05, 0.1) is 10.5 Å². The van der Waals surface area contributed by atoms with E-state index in [0.717, 1.165) is 0 Å². The molecule has 0 spiro atoms. The normalized spacial score (nSPS) is 15.8. The molecule has 1 N–H and O–H groups in total. The van der Waals surface area contributed by atoms with Crippen molar-refractivity contribution in [3.63, 3.8) is 0 Å². The summed E-state index contributed by atoms with van der Waals surface area (Å²) in [5.74, 6) is -1.14. The molecule has 0 unspecified atom stereocenters. The van der Waals surface area contributed by atoms with Crippen molar-refractivity contribution < 1.29 is 14.5 Å². The van der Waals surface area contributed by atoms with Crippen LogP contribution in [0.15, 0.2) is 53.9 Å². The summed E-state index contributed by atoms with van der Waals surface area (Å²) in [5.41, 5.74) is 0.846. The lowest BCUT2D eigenvalue weighted by Gasteiger charge is -2.27. The number of nitrogens with zero attached hydrogens (tertiary/aromatic N) is 2. The lowest BCUT2D eigenvalue weighted by atomic mass is 10.0. The van der Waals surface area contributed by atoms with Crippen molar-refractivity contribution in [1.82, 2.24) is 10.2 Å². The van der Waals surface area contributed by atoms with Crippen LogP contribution in [0.4, 0.5) is 5.69 Å². The number of carbonyl (C=O) groups is 2. The van der Waals surface area contributed by atoms with E-state index in [-0.39, 0.29) is 22.9 Å². The van der Waals surface area contributed by atoms with Crippen LogP contribution in [0.5, 0.6) is 0 Å². The molecule has 1 aliphatic rings. The van der Waals surface area contributed by atoms with Gasteiger partial charge < -0.3 is 0 Å². The Hall–Kier alpha value is -3.17. The Morgan fingerprint density at radius 3 is 2.70 bits per heavy atom. The van der Waals surface area contributed by atoms with Crippen molar-refractivity contribution in [3.05, 3.63) is 68.9 Å². The quantitative estimate of drug-likeness (QED) is 0.208. The highest BCUT2D eigenvalue weighted by Crippen LogP contribution is 2.36. The number of benzene rings is 1. The van der Waals surface area contributed by atoms with Crippen molar-refractivity contribution in [1.29, 1.82) is 0 Å². The molecule has 27 heavy (non-hydrogen) atoms. The molecule has 9 heteroatoms. The Labute approximate surface area is 163 Å². The minimum absolute atomic E-state index is 0.0205. The van der Waals surface area contributed by atoms with Crippen LogP contribution in [0.2, 0.25) is 0 Å². The predicted molar refractivity (Wildman–Crippen MR) is 107 cm³/mol. The largest absolute Gasteiger partial charge is 0.298 e. The molecule has 7 nitrogen and oxygen atoms in total. The van der Waals surface area contributed by atoms with Crippen molar-refractivity contribution in [2.45, 2.75) is 0 Å². The summed E-state index contributed by atoms with van der Waals surface area (Å²) in [6.45, 7) is 3.74.